The standard InChI is InChI=1S/C8H8O2/c1-8(10)6-4-2-3-5-7-9/h2-6H,1H3. The van der Waals surface area contributed by atoms with Crippen LogP contribution in [0.15, 0.2) is 30.4 Å². The molecule has 0 unspecified atom stereocenters. The van der Waals surface area contributed by atoms with Crippen LogP contribution >= 0.6 is 0 Å². The number of rotatable bonds is 3. The normalized spacial score (nSPS) is 10.1. The zero-order chi connectivity index (χ0) is 7.82. The molecule has 0 aromatic rings. The van der Waals surface area contributed by atoms with Crippen LogP contribution in [0.1, 0.15) is 6.92 Å². The lowest BCUT2D eigenvalue weighted by Gasteiger charge is -1.72. The summed E-state index contributed by atoms with van der Waals surface area (Å²) >= 11 is 0. The first-order chi connectivity index (χ1) is 4.77. The molecule has 2 nitrogen and oxygen atoms in total. The van der Waals surface area contributed by atoms with Crippen molar-refractivity contribution >= 4 is 11.7 Å². The van der Waals surface area contributed by atoms with Gasteiger partial charge in [0.05, 0.1) is 0 Å². The lowest BCUT2D eigenvalue weighted by Crippen LogP contribution is -1.77. The van der Waals surface area contributed by atoms with Crippen molar-refractivity contribution in [2.45, 2.75) is 6.92 Å². The topological polar surface area (TPSA) is 34.1 Å². The zero-order valence-corrected chi connectivity index (χ0v) is 5.70. The molecule has 0 saturated heterocycles. The van der Waals surface area contributed by atoms with E-state index in [2.05, 4.69) is 0 Å². The minimum absolute atomic E-state index is 0.0141. The Hall–Kier alpha value is -1.40. The van der Waals surface area contributed by atoms with Crippen LogP contribution in [0.2, 0.25) is 0 Å². The van der Waals surface area contributed by atoms with E-state index in [1.165, 1.54) is 25.2 Å². The van der Waals surface area contributed by atoms with Gasteiger partial charge in [-0.25, -0.2) is 4.79 Å². The second-order valence-corrected chi connectivity index (χ2v) is 1.64. The van der Waals surface area contributed by atoms with E-state index in [1.807, 2.05) is 0 Å². The molecule has 0 aliphatic rings. The molecule has 0 atom stereocenters. The Labute approximate surface area is 59.5 Å². The first-order valence-electron chi connectivity index (χ1n) is 2.82. The molecular formula is C8H8O2. The second kappa shape index (κ2) is 5.73. The Bertz CT molecular complexity index is 195. The highest BCUT2D eigenvalue weighted by Gasteiger charge is 1.75. The minimum Gasteiger partial charge on any atom is -0.295 e. The van der Waals surface area contributed by atoms with Gasteiger partial charge in [0.25, 0.3) is 0 Å². The van der Waals surface area contributed by atoms with Crippen LogP contribution in [0.3, 0.4) is 0 Å². The number of allylic oxidation sites excluding steroid dienone is 5. The van der Waals surface area contributed by atoms with Crippen molar-refractivity contribution in [3.8, 4) is 0 Å². The Morgan fingerprint density at radius 1 is 1.30 bits per heavy atom. The molecule has 0 aromatic heterocycles. The van der Waals surface area contributed by atoms with Crippen molar-refractivity contribution in [2.24, 2.45) is 0 Å². The largest absolute Gasteiger partial charge is 0.295 e. The molecule has 0 heterocycles. The fourth-order valence-corrected chi connectivity index (χ4v) is 0.350. The maximum Gasteiger partial charge on any atom is 0.152 e. The number of ketones is 1. The molecule has 0 N–H and O–H groups in total. The van der Waals surface area contributed by atoms with Gasteiger partial charge < -0.3 is 0 Å². The van der Waals surface area contributed by atoms with Crippen molar-refractivity contribution in [2.75, 3.05) is 0 Å². The van der Waals surface area contributed by atoms with E-state index in [9.17, 15) is 9.59 Å². The summed E-state index contributed by atoms with van der Waals surface area (Å²) in [4.78, 5) is 19.8. The average molecular weight is 136 g/mol. The Morgan fingerprint density at radius 2 is 2.00 bits per heavy atom. The van der Waals surface area contributed by atoms with Gasteiger partial charge in [-0.3, -0.25) is 4.79 Å². The van der Waals surface area contributed by atoms with Crippen LogP contribution in [-0.4, -0.2) is 11.7 Å². The Balaban J connectivity index is 3.72. The summed E-state index contributed by atoms with van der Waals surface area (Å²) in [6.07, 6.45) is 7.30. The smallest absolute Gasteiger partial charge is 0.152 e. The maximum atomic E-state index is 10.3. The maximum absolute atomic E-state index is 10.3. The Morgan fingerprint density at radius 3 is 2.50 bits per heavy atom. The van der Waals surface area contributed by atoms with E-state index in [0.717, 1.165) is 0 Å². The van der Waals surface area contributed by atoms with E-state index >= 15 is 0 Å². The average Bonchev–Trinajstić information content (AvgIpc) is 1.87. The molecule has 2 heteroatoms. The summed E-state index contributed by atoms with van der Waals surface area (Å²) in [5.74, 6) is 1.56. The molecule has 10 heavy (non-hydrogen) atoms. The highest BCUT2D eigenvalue weighted by Crippen LogP contribution is 1.78. The molecule has 0 amide bonds. The first kappa shape index (κ1) is 8.60. The molecule has 0 aliphatic heterocycles. The monoisotopic (exact) mass is 136 g/mol. The van der Waals surface area contributed by atoms with Gasteiger partial charge in [0.2, 0.25) is 0 Å². The van der Waals surface area contributed by atoms with Crippen molar-refractivity contribution < 1.29 is 9.59 Å². The lowest BCUT2D eigenvalue weighted by atomic mass is 10.3. The van der Waals surface area contributed by atoms with Crippen molar-refractivity contribution in [1.82, 2.24) is 0 Å². The fraction of sp³-hybridized carbons (Fsp3) is 0.125. The zero-order valence-electron chi connectivity index (χ0n) is 5.70. The van der Waals surface area contributed by atoms with Gasteiger partial charge in [0.15, 0.2) is 5.78 Å². The van der Waals surface area contributed by atoms with Gasteiger partial charge in [-0.15, -0.1) is 0 Å². The number of hydrogen-bond donors (Lipinski definition) is 0. The summed E-state index contributed by atoms with van der Waals surface area (Å²) < 4.78 is 0. The van der Waals surface area contributed by atoms with Crippen LogP contribution in [0, 0.1) is 0 Å². The number of carbonyl (C=O) groups excluding carboxylic acids is 2. The predicted octanol–water partition coefficient (Wildman–Crippen LogP) is 1.08. The number of carbonyl (C=O) groups is 1. The highest BCUT2D eigenvalue weighted by atomic mass is 16.1. The van der Waals surface area contributed by atoms with Crippen LogP contribution in [0.25, 0.3) is 0 Å². The molecule has 0 spiro atoms. The van der Waals surface area contributed by atoms with Gasteiger partial charge >= 0.3 is 0 Å². The highest BCUT2D eigenvalue weighted by molar-refractivity contribution is 5.87. The minimum atomic E-state index is -0.0141. The van der Waals surface area contributed by atoms with Gasteiger partial charge in [-0.1, -0.05) is 18.2 Å². The SMILES string of the molecule is CC(=O)C=CC=CC=C=O. The molecule has 0 bridgehead atoms. The molecule has 0 radical (unpaired) electrons. The van der Waals surface area contributed by atoms with Gasteiger partial charge in [-0.05, 0) is 13.0 Å². The van der Waals surface area contributed by atoms with Crippen LogP contribution in [0.4, 0.5) is 0 Å². The summed E-state index contributed by atoms with van der Waals surface area (Å²) in [6.45, 7) is 1.46. The van der Waals surface area contributed by atoms with Crippen LogP contribution in [0.5, 0.6) is 0 Å². The Kier molecular flexibility index (Phi) is 4.93. The molecule has 52 valence electrons. The van der Waals surface area contributed by atoms with Gasteiger partial charge in [-0.2, -0.15) is 0 Å². The predicted molar refractivity (Wildman–Crippen MR) is 39.2 cm³/mol. The molecular weight excluding hydrogens is 128 g/mol. The third-order valence-electron chi connectivity index (χ3n) is 0.717. The van der Waals surface area contributed by atoms with E-state index in [4.69, 9.17) is 0 Å². The number of hydrogen-bond acceptors (Lipinski definition) is 2. The second-order valence-electron chi connectivity index (χ2n) is 1.64. The summed E-state index contributed by atoms with van der Waals surface area (Å²) in [5, 5.41) is 0. The fourth-order valence-electron chi connectivity index (χ4n) is 0.350. The summed E-state index contributed by atoms with van der Waals surface area (Å²) in [6, 6.07) is 0. The molecule has 0 aromatic carbocycles. The van der Waals surface area contributed by atoms with E-state index in [0.29, 0.717) is 0 Å². The lowest BCUT2D eigenvalue weighted by molar-refractivity contribution is -0.112. The summed E-state index contributed by atoms with van der Waals surface area (Å²) in [7, 11) is 0. The molecule has 0 fully saturated rings. The van der Waals surface area contributed by atoms with Crippen molar-refractivity contribution in [3.63, 3.8) is 0 Å². The first-order valence-corrected chi connectivity index (χ1v) is 2.82. The van der Waals surface area contributed by atoms with Crippen LogP contribution < -0.4 is 0 Å². The molecule has 0 rings (SSSR count). The van der Waals surface area contributed by atoms with E-state index in [-0.39, 0.29) is 5.78 Å². The van der Waals surface area contributed by atoms with Crippen molar-refractivity contribution in [3.05, 3.63) is 30.4 Å². The third kappa shape index (κ3) is 6.60. The summed E-state index contributed by atoms with van der Waals surface area (Å²) in [5.41, 5.74) is 0. The van der Waals surface area contributed by atoms with E-state index < -0.39 is 0 Å². The quantitative estimate of drug-likeness (QED) is 0.330. The third-order valence-corrected chi connectivity index (χ3v) is 0.717. The van der Waals surface area contributed by atoms with Gasteiger partial charge in [0, 0.05) is 6.08 Å². The van der Waals surface area contributed by atoms with Crippen molar-refractivity contribution in [1.29, 1.82) is 0 Å². The van der Waals surface area contributed by atoms with Crippen LogP contribution in [-0.2, 0) is 9.59 Å². The molecule has 0 saturated carbocycles. The van der Waals surface area contributed by atoms with Gasteiger partial charge in [0.1, 0.15) is 5.94 Å². The molecule has 0 aliphatic carbocycles. The van der Waals surface area contributed by atoms with E-state index in [1.54, 1.807) is 18.1 Å².